The standard InChI is InChI=1S/C6H4F3N.C5H11N/c7-6(8,9)5-1-3-10-4-2-5;1-6-4-2-3-5-6/h1-4H;2-5H2,1H3. The molecule has 0 bridgehead atoms. The van der Waals surface area contributed by atoms with Gasteiger partial charge in [-0.25, -0.2) is 0 Å². The zero-order valence-electron chi connectivity index (χ0n) is 9.17. The fraction of sp³-hybridized carbons (Fsp3) is 0.545. The van der Waals surface area contributed by atoms with Crippen molar-refractivity contribution in [2.24, 2.45) is 0 Å². The van der Waals surface area contributed by atoms with Gasteiger partial charge in [0.1, 0.15) is 0 Å². The van der Waals surface area contributed by atoms with Crippen LogP contribution in [0.4, 0.5) is 13.2 Å². The van der Waals surface area contributed by atoms with Crippen LogP contribution in [0.15, 0.2) is 24.5 Å². The Kier molecular flexibility index (Phi) is 4.73. The highest BCUT2D eigenvalue weighted by Gasteiger charge is 2.29. The van der Waals surface area contributed by atoms with E-state index in [9.17, 15) is 13.2 Å². The predicted molar refractivity (Wildman–Crippen MR) is 56.0 cm³/mol. The smallest absolute Gasteiger partial charge is 0.306 e. The van der Waals surface area contributed by atoms with Crippen LogP contribution in [0, 0.1) is 0 Å². The molecule has 1 fully saturated rings. The largest absolute Gasteiger partial charge is 0.416 e. The van der Waals surface area contributed by atoms with Gasteiger partial charge in [0.25, 0.3) is 0 Å². The molecule has 0 spiro atoms. The molecule has 5 heteroatoms. The van der Waals surface area contributed by atoms with E-state index in [0.29, 0.717) is 0 Å². The van der Waals surface area contributed by atoms with Gasteiger partial charge in [-0.3, -0.25) is 4.98 Å². The minimum Gasteiger partial charge on any atom is -0.306 e. The van der Waals surface area contributed by atoms with Crippen LogP contribution in [0.1, 0.15) is 18.4 Å². The first-order valence-corrected chi connectivity index (χ1v) is 5.16. The number of hydrogen-bond donors (Lipinski definition) is 0. The van der Waals surface area contributed by atoms with Crippen molar-refractivity contribution in [1.82, 2.24) is 9.88 Å². The molecule has 1 aliphatic rings. The number of hydrogen-bond acceptors (Lipinski definition) is 2. The lowest BCUT2D eigenvalue weighted by Gasteiger charge is -2.03. The zero-order valence-corrected chi connectivity index (χ0v) is 9.17. The highest BCUT2D eigenvalue weighted by molar-refractivity contribution is 5.12. The van der Waals surface area contributed by atoms with Crippen molar-refractivity contribution in [1.29, 1.82) is 0 Å². The second-order valence-electron chi connectivity index (χ2n) is 3.74. The van der Waals surface area contributed by atoms with Crippen LogP contribution in [0.5, 0.6) is 0 Å². The summed E-state index contributed by atoms with van der Waals surface area (Å²) in [6.07, 6.45) is 0.807. The van der Waals surface area contributed by atoms with Crippen LogP contribution in [0.25, 0.3) is 0 Å². The second-order valence-corrected chi connectivity index (χ2v) is 3.74. The summed E-state index contributed by atoms with van der Waals surface area (Å²) in [6, 6.07) is 1.86. The third-order valence-electron chi connectivity index (χ3n) is 2.34. The number of halogens is 3. The SMILES string of the molecule is CN1CCCC1.FC(F)(F)c1ccncc1. The van der Waals surface area contributed by atoms with Gasteiger partial charge in [0, 0.05) is 12.4 Å². The van der Waals surface area contributed by atoms with Gasteiger partial charge in [0.05, 0.1) is 5.56 Å². The average Bonchev–Trinajstić information content (AvgIpc) is 2.70. The second kappa shape index (κ2) is 5.84. The van der Waals surface area contributed by atoms with Gasteiger partial charge in [0.15, 0.2) is 0 Å². The van der Waals surface area contributed by atoms with Crippen LogP contribution >= 0.6 is 0 Å². The first kappa shape index (κ1) is 13.0. The van der Waals surface area contributed by atoms with Crippen LogP contribution in [0.3, 0.4) is 0 Å². The maximum Gasteiger partial charge on any atom is 0.416 e. The van der Waals surface area contributed by atoms with Gasteiger partial charge in [-0.1, -0.05) is 0 Å². The molecule has 0 atom stereocenters. The Morgan fingerprint density at radius 3 is 1.88 bits per heavy atom. The Balaban J connectivity index is 0.000000181. The van der Waals surface area contributed by atoms with Gasteiger partial charge < -0.3 is 4.90 Å². The Morgan fingerprint density at radius 1 is 1.12 bits per heavy atom. The Bertz CT molecular complexity index is 292. The maximum absolute atomic E-state index is 11.8. The third kappa shape index (κ3) is 4.61. The third-order valence-corrected chi connectivity index (χ3v) is 2.34. The molecule has 0 aliphatic carbocycles. The van der Waals surface area contributed by atoms with E-state index in [2.05, 4.69) is 16.9 Å². The molecule has 0 radical (unpaired) electrons. The molecule has 0 N–H and O–H groups in total. The number of aromatic nitrogens is 1. The summed E-state index contributed by atoms with van der Waals surface area (Å²) < 4.78 is 35.3. The van der Waals surface area contributed by atoms with Crippen LogP contribution in [-0.4, -0.2) is 30.0 Å². The van der Waals surface area contributed by atoms with Crippen molar-refractivity contribution >= 4 is 0 Å². The van der Waals surface area contributed by atoms with Crippen molar-refractivity contribution in [3.63, 3.8) is 0 Å². The van der Waals surface area contributed by atoms with E-state index in [-0.39, 0.29) is 0 Å². The molecule has 1 aromatic heterocycles. The van der Waals surface area contributed by atoms with E-state index in [1.54, 1.807) is 0 Å². The highest BCUT2D eigenvalue weighted by Crippen LogP contribution is 2.27. The Hall–Kier alpha value is -1.10. The number of likely N-dealkylation sites (tertiary alicyclic amines) is 1. The number of rotatable bonds is 0. The molecule has 1 aliphatic heterocycles. The normalized spacial score (nSPS) is 16.8. The fourth-order valence-electron chi connectivity index (χ4n) is 1.42. The molecule has 90 valence electrons. The molecule has 0 unspecified atom stereocenters. The van der Waals surface area contributed by atoms with E-state index in [1.165, 1.54) is 25.9 Å². The van der Waals surface area contributed by atoms with Crippen LogP contribution < -0.4 is 0 Å². The molecule has 2 nitrogen and oxygen atoms in total. The first-order valence-electron chi connectivity index (χ1n) is 5.16. The molecule has 2 heterocycles. The highest BCUT2D eigenvalue weighted by atomic mass is 19.4. The number of nitrogens with zero attached hydrogens (tertiary/aromatic N) is 2. The molecule has 2 rings (SSSR count). The van der Waals surface area contributed by atoms with Gasteiger partial charge in [-0.2, -0.15) is 13.2 Å². The van der Waals surface area contributed by atoms with Crippen molar-refractivity contribution in [3.8, 4) is 0 Å². The summed E-state index contributed by atoms with van der Waals surface area (Å²) in [7, 11) is 2.17. The summed E-state index contributed by atoms with van der Waals surface area (Å²) in [4.78, 5) is 5.82. The summed E-state index contributed by atoms with van der Waals surface area (Å²) in [5.74, 6) is 0. The first-order chi connectivity index (χ1) is 7.50. The van der Waals surface area contributed by atoms with Crippen LogP contribution in [-0.2, 0) is 6.18 Å². The minimum absolute atomic E-state index is 0.664. The topological polar surface area (TPSA) is 16.1 Å². The molecule has 0 aromatic carbocycles. The van der Waals surface area contributed by atoms with Gasteiger partial charge in [-0.05, 0) is 45.1 Å². The lowest BCUT2D eigenvalue weighted by atomic mass is 10.3. The quantitative estimate of drug-likeness (QED) is 0.683. The number of alkyl halides is 3. The van der Waals surface area contributed by atoms with Gasteiger partial charge in [0.2, 0.25) is 0 Å². The molecule has 0 amide bonds. The van der Waals surface area contributed by atoms with Crippen molar-refractivity contribution in [3.05, 3.63) is 30.1 Å². The average molecular weight is 232 g/mol. The Morgan fingerprint density at radius 2 is 1.62 bits per heavy atom. The van der Waals surface area contributed by atoms with E-state index in [0.717, 1.165) is 24.5 Å². The van der Waals surface area contributed by atoms with Crippen molar-refractivity contribution in [2.75, 3.05) is 20.1 Å². The molecular weight excluding hydrogens is 217 g/mol. The van der Waals surface area contributed by atoms with Crippen molar-refractivity contribution in [2.45, 2.75) is 19.0 Å². The molecule has 0 saturated carbocycles. The van der Waals surface area contributed by atoms with E-state index in [1.807, 2.05) is 0 Å². The molecule has 16 heavy (non-hydrogen) atoms. The van der Waals surface area contributed by atoms with E-state index < -0.39 is 11.7 Å². The maximum atomic E-state index is 11.8. The Labute approximate surface area is 93.1 Å². The summed E-state index contributed by atoms with van der Waals surface area (Å²) in [6.45, 7) is 2.64. The number of pyridine rings is 1. The molecule has 1 saturated heterocycles. The van der Waals surface area contributed by atoms with Crippen LogP contribution in [0.2, 0.25) is 0 Å². The van der Waals surface area contributed by atoms with Gasteiger partial charge >= 0.3 is 6.18 Å². The minimum atomic E-state index is -4.25. The van der Waals surface area contributed by atoms with Gasteiger partial charge in [-0.15, -0.1) is 0 Å². The summed E-state index contributed by atoms with van der Waals surface area (Å²) in [5.41, 5.74) is -0.664. The monoisotopic (exact) mass is 232 g/mol. The predicted octanol–water partition coefficient (Wildman–Crippen LogP) is 2.81. The fourth-order valence-corrected chi connectivity index (χ4v) is 1.42. The molecular formula is C11H15F3N2. The van der Waals surface area contributed by atoms with E-state index in [4.69, 9.17) is 0 Å². The molecule has 1 aromatic rings. The zero-order chi connectivity index (χ0) is 12.0. The lowest BCUT2D eigenvalue weighted by Crippen LogP contribution is -2.10. The summed E-state index contributed by atoms with van der Waals surface area (Å²) in [5, 5.41) is 0. The lowest BCUT2D eigenvalue weighted by molar-refractivity contribution is -0.137. The summed E-state index contributed by atoms with van der Waals surface area (Å²) >= 11 is 0. The van der Waals surface area contributed by atoms with Crippen molar-refractivity contribution < 1.29 is 13.2 Å². The van der Waals surface area contributed by atoms with E-state index >= 15 is 0 Å².